The van der Waals surface area contributed by atoms with Gasteiger partial charge in [-0.2, -0.15) is 0 Å². The van der Waals surface area contributed by atoms with Crippen molar-refractivity contribution >= 4 is 23.5 Å². The zero-order chi connectivity index (χ0) is 19.9. The summed E-state index contributed by atoms with van der Waals surface area (Å²) in [6.45, 7) is 3.02. The molecule has 1 saturated carbocycles. The van der Waals surface area contributed by atoms with Crippen LogP contribution in [0.3, 0.4) is 0 Å². The Labute approximate surface area is 163 Å². The van der Waals surface area contributed by atoms with Gasteiger partial charge in [0.2, 0.25) is 11.8 Å². The predicted octanol–water partition coefficient (Wildman–Crippen LogP) is -0.110. The summed E-state index contributed by atoms with van der Waals surface area (Å²) in [6, 6.07) is 9.29. The lowest BCUT2D eigenvalue weighted by Crippen LogP contribution is -2.60. The number of anilines is 1. The Morgan fingerprint density at radius 3 is 2.32 bits per heavy atom. The molecule has 0 bridgehead atoms. The average molecular weight is 386 g/mol. The van der Waals surface area contributed by atoms with Crippen LogP contribution >= 0.6 is 0 Å². The summed E-state index contributed by atoms with van der Waals surface area (Å²) < 4.78 is 0. The van der Waals surface area contributed by atoms with Crippen LogP contribution in [-0.2, 0) is 14.4 Å². The number of carboxylic acid groups (broad SMARTS) is 1. The molecule has 150 valence electrons. The van der Waals surface area contributed by atoms with Crippen molar-refractivity contribution in [2.24, 2.45) is 23.0 Å². The highest BCUT2D eigenvalue weighted by atomic mass is 16.4. The summed E-state index contributed by atoms with van der Waals surface area (Å²) in [5, 5.41) is 12.8. The third-order valence-electron chi connectivity index (χ3n) is 6.53. The molecule has 1 aromatic rings. The van der Waals surface area contributed by atoms with E-state index < -0.39 is 23.3 Å². The number of nitrogens with zero attached hydrogens (tertiary/aromatic N) is 2. The number of rotatable bonds is 4. The molecule has 3 aliphatic rings. The van der Waals surface area contributed by atoms with Crippen LogP contribution in [0.1, 0.15) is 12.8 Å². The number of hydrogen-bond acceptors (Lipinski definition) is 5. The second kappa shape index (κ2) is 7.09. The summed E-state index contributed by atoms with van der Waals surface area (Å²) in [7, 11) is 0. The van der Waals surface area contributed by atoms with Crippen LogP contribution < -0.4 is 16.0 Å². The minimum atomic E-state index is -0.997. The number of benzene rings is 1. The fourth-order valence-corrected chi connectivity index (χ4v) is 4.76. The Balaban J connectivity index is 1.39. The van der Waals surface area contributed by atoms with Gasteiger partial charge in [-0.3, -0.25) is 14.4 Å². The number of piperidine rings is 1. The van der Waals surface area contributed by atoms with E-state index in [1.807, 2.05) is 30.3 Å². The molecule has 28 heavy (non-hydrogen) atoms. The third-order valence-corrected chi connectivity index (χ3v) is 6.53. The van der Waals surface area contributed by atoms with Gasteiger partial charge in [-0.25, -0.2) is 0 Å². The summed E-state index contributed by atoms with van der Waals surface area (Å²) in [5.74, 6) is -2.66. The first-order valence-electron chi connectivity index (χ1n) is 9.75. The topological polar surface area (TPSA) is 116 Å². The molecular weight excluding hydrogens is 360 g/mol. The SMILES string of the molecule is NC(=O)C1CC12CNC(C(=O)N1CCN(c3ccccc3)CC1)C(C(=O)O)C2. The number of carbonyl (C=O) groups is 3. The van der Waals surface area contributed by atoms with Crippen molar-refractivity contribution in [2.75, 3.05) is 37.6 Å². The summed E-state index contributed by atoms with van der Waals surface area (Å²) in [5.41, 5.74) is 6.14. The number of carbonyl (C=O) groups excluding carboxylic acids is 2. The molecule has 0 radical (unpaired) electrons. The van der Waals surface area contributed by atoms with Gasteiger partial charge in [-0.1, -0.05) is 18.2 Å². The van der Waals surface area contributed by atoms with E-state index in [0.717, 1.165) is 5.69 Å². The van der Waals surface area contributed by atoms with Crippen LogP contribution in [0.15, 0.2) is 30.3 Å². The van der Waals surface area contributed by atoms with Gasteiger partial charge in [0.25, 0.3) is 0 Å². The molecule has 4 rings (SSSR count). The lowest BCUT2D eigenvalue weighted by Gasteiger charge is -2.41. The van der Waals surface area contributed by atoms with E-state index >= 15 is 0 Å². The Kier molecular flexibility index (Phi) is 4.74. The first-order chi connectivity index (χ1) is 13.4. The molecule has 1 aliphatic carbocycles. The molecule has 8 nitrogen and oxygen atoms in total. The van der Waals surface area contributed by atoms with Crippen molar-refractivity contribution in [3.63, 3.8) is 0 Å². The van der Waals surface area contributed by atoms with Crippen molar-refractivity contribution in [3.8, 4) is 0 Å². The van der Waals surface area contributed by atoms with Gasteiger partial charge in [0.1, 0.15) is 6.04 Å². The van der Waals surface area contributed by atoms with E-state index in [1.54, 1.807) is 4.90 Å². The van der Waals surface area contributed by atoms with E-state index in [9.17, 15) is 19.5 Å². The Morgan fingerprint density at radius 2 is 1.75 bits per heavy atom. The number of nitrogens with one attached hydrogen (secondary N) is 1. The number of carboxylic acids is 1. The van der Waals surface area contributed by atoms with Gasteiger partial charge in [0.15, 0.2) is 0 Å². The molecule has 1 spiro atoms. The van der Waals surface area contributed by atoms with E-state index in [1.165, 1.54) is 0 Å². The number of aliphatic carboxylic acids is 1. The molecule has 3 fully saturated rings. The van der Waals surface area contributed by atoms with Crippen LogP contribution in [0.4, 0.5) is 5.69 Å². The van der Waals surface area contributed by atoms with Gasteiger partial charge in [-0.05, 0) is 30.4 Å². The smallest absolute Gasteiger partial charge is 0.308 e. The summed E-state index contributed by atoms with van der Waals surface area (Å²) in [4.78, 5) is 40.4. The Morgan fingerprint density at radius 1 is 1.07 bits per heavy atom. The zero-order valence-electron chi connectivity index (χ0n) is 15.7. The fourth-order valence-electron chi connectivity index (χ4n) is 4.76. The van der Waals surface area contributed by atoms with Crippen molar-refractivity contribution in [1.29, 1.82) is 0 Å². The zero-order valence-corrected chi connectivity index (χ0v) is 15.7. The molecular formula is C20H26N4O4. The lowest BCUT2D eigenvalue weighted by molar-refractivity contribution is -0.151. The maximum atomic E-state index is 13.0. The quantitative estimate of drug-likeness (QED) is 0.665. The fraction of sp³-hybridized carbons (Fsp3) is 0.550. The number of primary amides is 1. The van der Waals surface area contributed by atoms with Crippen LogP contribution in [0.2, 0.25) is 0 Å². The summed E-state index contributed by atoms with van der Waals surface area (Å²) in [6.07, 6.45) is 0.930. The number of para-hydroxylation sites is 1. The van der Waals surface area contributed by atoms with Gasteiger partial charge in [0, 0.05) is 44.3 Å². The number of amides is 2. The standard InChI is InChI=1S/C20H26N4O4/c21-17(25)15-11-20(15)10-14(19(27)28)16(22-12-20)18(26)24-8-6-23(7-9-24)13-4-2-1-3-5-13/h1-5,14-16,22H,6-12H2,(H2,21,25)(H,27,28). The van der Waals surface area contributed by atoms with E-state index in [2.05, 4.69) is 10.2 Å². The molecule has 4 atom stereocenters. The van der Waals surface area contributed by atoms with E-state index in [4.69, 9.17) is 5.73 Å². The maximum Gasteiger partial charge on any atom is 0.308 e. The molecule has 2 amide bonds. The molecule has 2 saturated heterocycles. The van der Waals surface area contributed by atoms with Crippen molar-refractivity contribution in [3.05, 3.63) is 30.3 Å². The lowest BCUT2D eigenvalue weighted by atomic mass is 9.80. The highest BCUT2D eigenvalue weighted by Gasteiger charge is 2.62. The average Bonchev–Trinajstić information content (AvgIpc) is 3.42. The first-order valence-corrected chi connectivity index (χ1v) is 9.75. The molecule has 2 aliphatic heterocycles. The molecule has 0 aromatic heterocycles. The van der Waals surface area contributed by atoms with Crippen molar-refractivity contribution < 1.29 is 19.5 Å². The maximum absolute atomic E-state index is 13.0. The predicted molar refractivity (Wildman–Crippen MR) is 103 cm³/mol. The number of nitrogens with two attached hydrogens (primary N) is 1. The minimum absolute atomic E-state index is 0.161. The second-order valence-electron chi connectivity index (χ2n) is 8.18. The monoisotopic (exact) mass is 386 g/mol. The molecule has 2 heterocycles. The van der Waals surface area contributed by atoms with Crippen LogP contribution in [0.5, 0.6) is 0 Å². The van der Waals surface area contributed by atoms with Crippen molar-refractivity contribution in [2.45, 2.75) is 18.9 Å². The van der Waals surface area contributed by atoms with E-state index in [0.29, 0.717) is 45.6 Å². The van der Waals surface area contributed by atoms with Crippen LogP contribution in [0.25, 0.3) is 0 Å². The molecule has 1 aromatic carbocycles. The first kappa shape index (κ1) is 18.7. The number of piperazine rings is 1. The highest BCUT2D eigenvalue weighted by Crippen LogP contribution is 2.58. The largest absolute Gasteiger partial charge is 0.481 e. The van der Waals surface area contributed by atoms with E-state index in [-0.39, 0.29) is 17.7 Å². The second-order valence-corrected chi connectivity index (χ2v) is 8.18. The Hall–Kier alpha value is -2.61. The van der Waals surface area contributed by atoms with Gasteiger partial charge in [-0.15, -0.1) is 0 Å². The van der Waals surface area contributed by atoms with Gasteiger partial charge >= 0.3 is 5.97 Å². The molecule has 8 heteroatoms. The summed E-state index contributed by atoms with van der Waals surface area (Å²) >= 11 is 0. The molecule has 4 unspecified atom stereocenters. The van der Waals surface area contributed by atoms with Gasteiger partial charge < -0.3 is 26.0 Å². The van der Waals surface area contributed by atoms with Gasteiger partial charge in [0.05, 0.1) is 5.92 Å². The Bertz CT molecular complexity index is 778. The normalized spacial score (nSPS) is 32.2. The van der Waals surface area contributed by atoms with Crippen LogP contribution in [0, 0.1) is 17.3 Å². The minimum Gasteiger partial charge on any atom is -0.481 e. The van der Waals surface area contributed by atoms with Crippen LogP contribution in [-0.4, -0.2) is 66.6 Å². The van der Waals surface area contributed by atoms with Crippen molar-refractivity contribution in [1.82, 2.24) is 10.2 Å². The highest BCUT2D eigenvalue weighted by molar-refractivity contribution is 5.89. The number of hydrogen-bond donors (Lipinski definition) is 3. The molecule has 4 N–H and O–H groups in total. The third kappa shape index (κ3) is 3.32.